The first-order valence-corrected chi connectivity index (χ1v) is 7.59. The third-order valence-electron chi connectivity index (χ3n) is 3.07. The van der Waals surface area contributed by atoms with Crippen molar-refractivity contribution in [2.45, 2.75) is 31.4 Å². The van der Waals surface area contributed by atoms with Crippen LogP contribution in [-0.4, -0.2) is 36.1 Å². The van der Waals surface area contributed by atoms with Crippen LogP contribution in [0.4, 0.5) is 0 Å². The third kappa shape index (κ3) is 4.62. The van der Waals surface area contributed by atoms with E-state index in [0.717, 1.165) is 17.6 Å². The first kappa shape index (κ1) is 17.1. The second-order valence-electron chi connectivity index (χ2n) is 4.87. The molecule has 122 valence electrons. The molecule has 0 aliphatic carbocycles. The summed E-state index contributed by atoms with van der Waals surface area (Å²) in [7, 11) is 0. The molecule has 1 saturated heterocycles. The molecule has 0 radical (unpaired) electrons. The van der Waals surface area contributed by atoms with Gasteiger partial charge in [-0.05, 0) is 24.6 Å². The average Bonchev–Trinajstić information content (AvgIpc) is 2.87. The highest BCUT2D eigenvalue weighted by atomic mass is 32.2. The average molecular weight is 337 g/mol. The first-order chi connectivity index (χ1) is 11.0. The van der Waals surface area contributed by atoms with Crippen molar-refractivity contribution in [3.63, 3.8) is 0 Å². The van der Waals surface area contributed by atoms with E-state index < -0.39 is 29.5 Å². The number of hydrogen-bond donors (Lipinski definition) is 0. The predicted molar refractivity (Wildman–Crippen MR) is 82.4 cm³/mol. The number of esters is 2. The van der Waals surface area contributed by atoms with Crippen molar-refractivity contribution in [2.24, 2.45) is 5.11 Å². The van der Waals surface area contributed by atoms with Gasteiger partial charge in [0, 0.05) is 23.9 Å². The Balaban J connectivity index is 1.96. The largest absolute Gasteiger partial charge is 0.459 e. The van der Waals surface area contributed by atoms with Gasteiger partial charge in [0.2, 0.25) is 0 Å². The Morgan fingerprint density at radius 3 is 2.70 bits per heavy atom. The summed E-state index contributed by atoms with van der Waals surface area (Å²) in [6, 6.07) is 6.17. The van der Waals surface area contributed by atoms with Gasteiger partial charge in [-0.15, -0.1) is 0 Å². The van der Waals surface area contributed by atoms with E-state index in [4.69, 9.17) is 19.2 Å². The second-order valence-corrected chi connectivity index (χ2v) is 5.72. The van der Waals surface area contributed by atoms with Gasteiger partial charge in [-0.2, -0.15) is 0 Å². The van der Waals surface area contributed by atoms with E-state index in [9.17, 15) is 9.59 Å². The van der Waals surface area contributed by atoms with Crippen LogP contribution in [0.15, 0.2) is 29.4 Å². The van der Waals surface area contributed by atoms with E-state index in [-0.39, 0.29) is 6.61 Å². The van der Waals surface area contributed by atoms with Crippen LogP contribution in [0.2, 0.25) is 0 Å². The topological polar surface area (TPSA) is 111 Å². The summed E-state index contributed by atoms with van der Waals surface area (Å²) in [5.74, 6) is -1.02. The van der Waals surface area contributed by atoms with Crippen LogP contribution in [0.1, 0.15) is 22.8 Å². The lowest BCUT2D eigenvalue weighted by atomic mass is 10.1. The van der Waals surface area contributed by atoms with Gasteiger partial charge in [0.25, 0.3) is 0 Å². The zero-order chi connectivity index (χ0) is 16.8. The van der Waals surface area contributed by atoms with Crippen LogP contribution >= 0.6 is 12.0 Å². The molecule has 2 rings (SSSR count). The van der Waals surface area contributed by atoms with Crippen molar-refractivity contribution in [1.29, 1.82) is 0 Å². The predicted octanol–water partition coefficient (Wildman–Crippen LogP) is 2.77. The molecule has 1 aliphatic rings. The lowest BCUT2D eigenvalue weighted by Gasteiger charge is -2.16. The molecule has 1 unspecified atom stereocenters. The van der Waals surface area contributed by atoms with Gasteiger partial charge >= 0.3 is 11.9 Å². The molecule has 1 aliphatic heterocycles. The summed E-state index contributed by atoms with van der Waals surface area (Å²) in [4.78, 5) is 25.7. The maximum absolute atomic E-state index is 12.0. The molecular weight excluding hydrogens is 322 g/mol. The van der Waals surface area contributed by atoms with Crippen molar-refractivity contribution in [1.82, 2.24) is 0 Å². The van der Waals surface area contributed by atoms with E-state index in [0.29, 0.717) is 5.56 Å². The molecule has 1 heterocycles. The Morgan fingerprint density at radius 2 is 2.09 bits per heavy atom. The number of ether oxygens (including phenoxy) is 2. The quantitative estimate of drug-likeness (QED) is 0.268. The minimum Gasteiger partial charge on any atom is -0.459 e. The van der Waals surface area contributed by atoms with E-state index >= 15 is 0 Å². The Morgan fingerprint density at radius 1 is 1.39 bits per heavy atom. The summed E-state index contributed by atoms with van der Waals surface area (Å²) in [5.41, 5.74) is 9.31. The Hall–Kier alpha value is -2.22. The zero-order valence-electron chi connectivity index (χ0n) is 12.5. The van der Waals surface area contributed by atoms with Crippen molar-refractivity contribution in [3.05, 3.63) is 45.8 Å². The molecule has 0 aromatic heterocycles. The number of rotatable bonds is 5. The monoisotopic (exact) mass is 337 g/mol. The highest BCUT2D eigenvalue weighted by Gasteiger charge is 2.41. The van der Waals surface area contributed by atoms with Gasteiger partial charge in [-0.25, -0.2) is 4.79 Å². The van der Waals surface area contributed by atoms with Gasteiger partial charge in [-0.1, -0.05) is 22.8 Å². The van der Waals surface area contributed by atoms with Crippen LogP contribution in [0.5, 0.6) is 0 Å². The fourth-order valence-corrected chi connectivity index (χ4v) is 2.85. The molecule has 1 aromatic rings. The molecular formula is C14H15N3O5S. The summed E-state index contributed by atoms with van der Waals surface area (Å²) >= 11 is 0.877. The van der Waals surface area contributed by atoms with Crippen LogP contribution in [0.25, 0.3) is 10.4 Å². The Kier molecular flexibility index (Phi) is 5.86. The summed E-state index contributed by atoms with van der Waals surface area (Å²) in [6.07, 6.45) is -0.686. The van der Waals surface area contributed by atoms with Crippen LogP contribution in [0, 0.1) is 6.92 Å². The molecule has 9 heteroatoms. The molecule has 23 heavy (non-hydrogen) atoms. The summed E-state index contributed by atoms with van der Waals surface area (Å²) < 4.78 is 15.5. The zero-order valence-corrected chi connectivity index (χ0v) is 13.4. The van der Waals surface area contributed by atoms with E-state index in [1.807, 2.05) is 6.92 Å². The third-order valence-corrected chi connectivity index (χ3v) is 3.99. The van der Waals surface area contributed by atoms with Gasteiger partial charge < -0.3 is 13.7 Å². The first-order valence-electron chi connectivity index (χ1n) is 6.78. The normalized spacial score (nSPS) is 23.0. The van der Waals surface area contributed by atoms with Gasteiger partial charge in [0.05, 0.1) is 5.56 Å². The van der Waals surface area contributed by atoms with Crippen molar-refractivity contribution >= 4 is 24.0 Å². The molecule has 1 aromatic carbocycles. The lowest BCUT2D eigenvalue weighted by Crippen LogP contribution is -2.33. The highest BCUT2D eigenvalue weighted by molar-refractivity contribution is 7.95. The van der Waals surface area contributed by atoms with Gasteiger partial charge in [0.15, 0.2) is 5.44 Å². The number of azide groups is 1. The second kappa shape index (κ2) is 7.87. The Bertz CT molecular complexity index is 630. The van der Waals surface area contributed by atoms with Crippen molar-refractivity contribution < 1.29 is 23.2 Å². The van der Waals surface area contributed by atoms with Crippen molar-refractivity contribution in [3.8, 4) is 0 Å². The molecule has 0 bridgehead atoms. The summed E-state index contributed by atoms with van der Waals surface area (Å²) in [5, 5.41) is 3.57. The Labute approximate surface area is 136 Å². The summed E-state index contributed by atoms with van der Waals surface area (Å²) in [6.45, 7) is 3.05. The molecule has 0 amide bonds. The number of aryl methyl sites for hydroxylation is 1. The molecule has 0 saturated carbocycles. The maximum atomic E-state index is 12.0. The van der Waals surface area contributed by atoms with E-state index in [2.05, 4.69) is 10.0 Å². The van der Waals surface area contributed by atoms with Crippen LogP contribution in [0.3, 0.4) is 0 Å². The molecule has 8 nitrogen and oxygen atoms in total. The number of hydrogen-bond acceptors (Lipinski definition) is 7. The van der Waals surface area contributed by atoms with E-state index in [1.165, 1.54) is 6.92 Å². The maximum Gasteiger partial charge on any atom is 0.338 e. The molecule has 3 atom stereocenters. The van der Waals surface area contributed by atoms with Crippen LogP contribution in [-0.2, 0) is 18.5 Å². The van der Waals surface area contributed by atoms with E-state index in [1.54, 1.807) is 24.3 Å². The number of benzene rings is 1. The molecule has 0 N–H and O–H groups in total. The standard InChI is InChI=1S/C14H15N3O5S/c1-8-3-5-10(6-4-8)13(19)20-7-11-12(16-17-15)14(23-22-11)21-9(2)18/h3-6,11-12,14H,7H2,1-2H3/t11-,12?,14+/m1/s1. The molecule has 0 spiro atoms. The number of nitrogens with zero attached hydrogens (tertiary/aromatic N) is 3. The van der Waals surface area contributed by atoms with Gasteiger partial charge in [-0.3, -0.25) is 4.79 Å². The smallest absolute Gasteiger partial charge is 0.338 e. The van der Waals surface area contributed by atoms with Crippen molar-refractivity contribution in [2.75, 3.05) is 6.61 Å². The lowest BCUT2D eigenvalue weighted by molar-refractivity contribution is -0.143. The van der Waals surface area contributed by atoms with Crippen LogP contribution < -0.4 is 0 Å². The fourth-order valence-electron chi connectivity index (χ4n) is 1.91. The van der Waals surface area contributed by atoms with Gasteiger partial charge in [0.1, 0.15) is 18.8 Å². The fraction of sp³-hybridized carbons (Fsp3) is 0.429. The molecule has 1 fully saturated rings. The number of carbonyl (C=O) groups excluding carboxylic acids is 2. The minimum atomic E-state index is -0.764. The number of carbonyl (C=O) groups is 2. The highest BCUT2D eigenvalue weighted by Crippen LogP contribution is 2.34. The minimum absolute atomic E-state index is 0.110. The SMILES string of the molecule is CC(=O)O[C@H]1SO[C@H](COC(=O)c2ccc(C)cc2)C1N=[N+]=[N-].